The zero-order valence-corrected chi connectivity index (χ0v) is 16.9. The number of nitrogens with zero attached hydrogens (tertiary/aromatic N) is 2. The quantitative estimate of drug-likeness (QED) is 0.325. The molecule has 0 aromatic heterocycles. The Morgan fingerprint density at radius 3 is 2.66 bits per heavy atom. The third-order valence-corrected chi connectivity index (χ3v) is 5.05. The number of aliphatic imine (C=N–C) groups is 1. The highest BCUT2D eigenvalue weighted by Crippen LogP contribution is 2.21. The Morgan fingerprint density at radius 1 is 1.24 bits per heavy atom. The Labute approximate surface area is 171 Å². The minimum Gasteiger partial charge on any atom is -0.383 e. The first-order valence-electron chi connectivity index (χ1n) is 9.91. The second-order valence-electron chi connectivity index (χ2n) is 7.44. The molecular formula is C22H28N4O3. The Balaban J connectivity index is 1.68. The molecule has 0 radical (unpaired) electrons. The van der Waals surface area contributed by atoms with Crippen molar-refractivity contribution in [1.29, 1.82) is 0 Å². The number of nitro groups is 1. The van der Waals surface area contributed by atoms with Crippen molar-refractivity contribution in [3.05, 3.63) is 75.3 Å². The smallest absolute Gasteiger partial charge is 0.269 e. The van der Waals surface area contributed by atoms with Crippen LogP contribution in [0.25, 0.3) is 0 Å². The van der Waals surface area contributed by atoms with Gasteiger partial charge in [0.2, 0.25) is 0 Å². The molecule has 2 aromatic carbocycles. The summed E-state index contributed by atoms with van der Waals surface area (Å²) < 4.78 is 5.23. The summed E-state index contributed by atoms with van der Waals surface area (Å²) in [6, 6.07) is 15.5. The normalized spacial score (nSPS) is 17.3. The lowest BCUT2D eigenvalue weighted by Crippen LogP contribution is -2.49. The number of methoxy groups -OCH3 is 1. The average Bonchev–Trinajstić information content (AvgIpc) is 2.72. The minimum atomic E-state index is -0.394. The molecule has 154 valence electrons. The Bertz CT molecular complexity index is 851. The van der Waals surface area contributed by atoms with Crippen molar-refractivity contribution in [3.8, 4) is 0 Å². The number of hydrogen-bond acceptors (Lipinski definition) is 4. The molecule has 29 heavy (non-hydrogen) atoms. The van der Waals surface area contributed by atoms with Gasteiger partial charge in [0.15, 0.2) is 5.96 Å². The van der Waals surface area contributed by atoms with E-state index in [1.807, 2.05) is 6.92 Å². The molecule has 7 heteroatoms. The first kappa shape index (κ1) is 20.8. The number of rotatable bonds is 7. The van der Waals surface area contributed by atoms with E-state index in [1.165, 1.54) is 23.3 Å². The first-order chi connectivity index (χ1) is 14.0. The van der Waals surface area contributed by atoms with Gasteiger partial charge >= 0.3 is 0 Å². The van der Waals surface area contributed by atoms with Gasteiger partial charge in [-0.1, -0.05) is 36.4 Å². The molecule has 2 aromatic rings. The van der Waals surface area contributed by atoms with E-state index in [0.29, 0.717) is 19.2 Å². The molecule has 1 aliphatic carbocycles. The lowest BCUT2D eigenvalue weighted by Gasteiger charge is -2.28. The van der Waals surface area contributed by atoms with Crippen LogP contribution in [0.2, 0.25) is 0 Å². The van der Waals surface area contributed by atoms with Crippen molar-refractivity contribution < 1.29 is 9.66 Å². The monoisotopic (exact) mass is 396 g/mol. The summed E-state index contributed by atoms with van der Waals surface area (Å²) in [5.74, 6) is 0.734. The maximum absolute atomic E-state index is 10.8. The van der Waals surface area contributed by atoms with Crippen LogP contribution < -0.4 is 10.6 Å². The highest BCUT2D eigenvalue weighted by molar-refractivity contribution is 5.80. The fourth-order valence-corrected chi connectivity index (χ4v) is 3.57. The minimum absolute atomic E-state index is 0.0868. The zero-order valence-electron chi connectivity index (χ0n) is 16.9. The van der Waals surface area contributed by atoms with E-state index in [2.05, 4.69) is 34.9 Å². The summed E-state index contributed by atoms with van der Waals surface area (Å²) in [7, 11) is 1.68. The van der Waals surface area contributed by atoms with E-state index in [1.54, 1.807) is 19.2 Å². The summed E-state index contributed by atoms with van der Waals surface area (Å²) in [4.78, 5) is 15.1. The van der Waals surface area contributed by atoms with Crippen LogP contribution in [-0.4, -0.2) is 36.7 Å². The molecule has 0 aliphatic heterocycles. The SMILES string of the molecule is COCC(C)NC(=NCc1ccc([N+](=O)[O-])cc1)NC1CCc2ccccc2C1. The van der Waals surface area contributed by atoms with Crippen LogP contribution in [0.15, 0.2) is 53.5 Å². The molecule has 7 nitrogen and oxygen atoms in total. The van der Waals surface area contributed by atoms with Crippen LogP contribution in [0.1, 0.15) is 30.0 Å². The third kappa shape index (κ3) is 6.02. The van der Waals surface area contributed by atoms with Crippen LogP contribution in [0, 0.1) is 10.1 Å². The van der Waals surface area contributed by atoms with Crippen molar-refractivity contribution in [3.63, 3.8) is 0 Å². The number of fused-ring (bicyclic) bond motifs is 1. The molecule has 0 heterocycles. The summed E-state index contributed by atoms with van der Waals surface area (Å²) in [6.07, 6.45) is 3.07. The Morgan fingerprint density at radius 2 is 1.97 bits per heavy atom. The zero-order chi connectivity index (χ0) is 20.6. The average molecular weight is 396 g/mol. The van der Waals surface area contributed by atoms with Gasteiger partial charge in [-0.25, -0.2) is 4.99 Å². The number of non-ortho nitro benzene ring substituents is 1. The number of nitrogens with one attached hydrogen (secondary N) is 2. The lowest BCUT2D eigenvalue weighted by atomic mass is 9.88. The van der Waals surface area contributed by atoms with Crippen molar-refractivity contribution in [1.82, 2.24) is 10.6 Å². The van der Waals surface area contributed by atoms with Crippen molar-refractivity contribution in [2.24, 2.45) is 4.99 Å². The summed E-state index contributed by atoms with van der Waals surface area (Å²) in [5.41, 5.74) is 3.82. The van der Waals surface area contributed by atoms with Gasteiger partial charge in [0.1, 0.15) is 0 Å². The van der Waals surface area contributed by atoms with Crippen LogP contribution >= 0.6 is 0 Å². The van der Waals surface area contributed by atoms with E-state index in [9.17, 15) is 10.1 Å². The van der Waals surface area contributed by atoms with E-state index >= 15 is 0 Å². The molecule has 1 aliphatic rings. The largest absolute Gasteiger partial charge is 0.383 e. The van der Waals surface area contributed by atoms with Gasteiger partial charge in [-0.15, -0.1) is 0 Å². The molecule has 0 saturated heterocycles. The maximum Gasteiger partial charge on any atom is 0.269 e. The number of guanidine groups is 1. The predicted molar refractivity (Wildman–Crippen MR) is 114 cm³/mol. The lowest BCUT2D eigenvalue weighted by molar-refractivity contribution is -0.384. The van der Waals surface area contributed by atoms with Gasteiger partial charge < -0.3 is 15.4 Å². The van der Waals surface area contributed by atoms with Gasteiger partial charge in [-0.3, -0.25) is 10.1 Å². The van der Waals surface area contributed by atoms with Gasteiger partial charge in [0.25, 0.3) is 5.69 Å². The highest BCUT2D eigenvalue weighted by Gasteiger charge is 2.19. The van der Waals surface area contributed by atoms with Crippen LogP contribution in [0.4, 0.5) is 5.69 Å². The second-order valence-corrected chi connectivity index (χ2v) is 7.44. The molecular weight excluding hydrogens is 368 g/mol. The number of aryl methyl sites for hydroxylation is 1. The van der Waals surface area contributed by atoms with Gasteiger partial charge in [-0.05, 0) is 42.9 Å². The van der Waals surface area contributed by atoms with Gasteiger partial charge in [0, 0.05) is 31.3 Å². The molecule has 2 atom stereocenters. The molecule has 2 N–H and O–H groups in total. The molecule has 0 fully saturated rings. The van der Waals surface area contributed by atoms with Crippen molar-refractivity contribution in [2.75, 3.05) is 13.7 Å². The molecule has 0 amide bonds. The van der Waals surface area contributed by atoms with E-state index in [0.717, 1.165) is 30.8 Å². The molecule has 2 unspecified atom stereocenters. The van der Waals surface area contributed by atoms with Gasteiger partial charge in [0.05, 0.1) is 18.1 Å². The van der Waals surface area contributed by atoms with Crippen molar-refractivity contribution >= 4 is 11.6 Å². The van der Waals surface area contributed by atoms with Crippen molar-refractivity contribution in [2.45, 2.75) is 44.8 Å². The highest BCUT2D eigenvalue weighted by atomic mass is 16.6. The Kier molecular flexibility index (Phi) is 7.19. The number of benzene rings is 2. The molecule has 0 saturated carbocycles. The summed E-state index contributed by atoms with van der Waals surface area (Å²) >= 11 is 0. The third-order valence-electron chi connectivity index (χ3n) is 5.05. The topological polar surface area (TPSA) is 88.8 Å². The number of nitro benzene ring substituents is 1. The molecule has 0 bridgehead atoms. The van der Waals surface area contributed by atoms with Crippen LogP contribution in [0.3, 0.4) is 0 Å². The van der Waals surface area contributed by atoms with Gasteiger partial charge in [-0.2, -0.15) is 0 Å². The van der Waals surface area contributed by atoms with Crippen LogP contribution in [-0.2, 0) is 24.1 Å². The van der Waals surface area contributed by atoms with Crippen LogP contribution in [0.5, 0.6) is 0 Å². The Hall–Kier alpha value is -2.93. The summed E-state index contributed by atoms with van der Waals surface area (Å²) in [6.45, 7) is 3.06. The first-order valence-corrected chi connectivity index (χ1v) is 9.91. The molecule has 0 spiro atoms. The van der Waals surface area contributed by atoms with E-state index < -0.39 is 4.92 Å². The van der Waals surface area contributed by atoms with E-state index in [4.69, 9.17) is 9.73 Å². The number of ether oxygens (including phenoxy) is 1. The fraction of sp³-hybridized carbons (Fsp3) is 0.409. The standard InChI is InChI=1S/C22H28N4O3/c1-16(15-29-2)24-22(23-14-17-7-11-21(12-8-17)26(27)28)25-20-10-9-18-5-3-4-6-19(18)13-20/h3-8,11-12,16,20H,9-10,13-15H2,1-2H3,(H2,23,24,25). The predicted octanol–water partition coefficient (Wildman–Crippen LogP) is 3.22. The maximum atomic E-state index is 10.8. The summed E-state index contributed by atoms with van der Waals surface area (Å²) in [5, 5.41) is 17.8. The second kappa shape index (κ2) is 10.0. The molecule has 3 rings (SSSR count). The van der Waals surface area contributed by atoms with E-state index in [-0.39, 0.29) is 11.7 Å². The fourth-order valence-electron chi connectivity index (χ4n) is 3.57. The number of hydrogen-bond donors (Lipinski definition) is 2.